The van der Waals surface area contributed by atoms with Gasteiger partial charge in [-0.15, -0.1) is 0 Å². The third-order valence-corrected chi connectivity index (χ3v) is 2.59. The first kappa shape index (κ1) is 13.7. The number of hydrogen-bond donors (Lipinski definition) is 0. The smallest absolute Gasteiger partial charge is 0.185 e. The third kappa shape index (κ3) is 2.86. The summed E-state index contributed by atoms with van der Waals surface area (Å²) in [7, 11) is 1.49. The summed E-state index contributed by atoms with van der Waals surface area (Å²) in [6.07, 6.45) is 2.38. The van der Waals surface area contributed by atoms with Crippen molar-refractivity contribution in [2.75, 3.05) is 7.11 Å². The fourth-order valence-electron chi connectivity index (χ4n) is 1.54. The molecule has 94 valence electrons. The Balaban J connectivity index is 3.27. The Labute approximate surface area is 106 Å². The van der Waals surface area contributed by atoms with E-state index in [1.54, 1.807) is 23.8 Å². The minimum atomic E-state index is 0.216. The van der Waals surface area contributed by atoms with Gasteiger partial charge in [0, 0.05) is 30.1 Å². The number of methoxy groups -OCH3 is 1. The van der Waals surface area contributed by atoms with Gasteiger partial charge in [-0.2, -0.15) is 5.26 Å². The van der Waals surface area contributed by atoms with Crippen LogP contribution in [-0.4, -0.2) is 23.9 Å². The lowest BCUT2D eigenvalue weighted by atomic mass is 10.3. The van der Waals surface area contributed by atoms with Crippen molar-refractivity contribution in [1.82, 2.24) is 4.57 Å². The standard InChI is InChI=1S/C13H15N3O2/c1-9-5-12(8-17)10(2)16(9)7-13(6-14)15-11(3)18-4/h5,7-8H,1-4H3/b13-7+,15-11?. The van der Waals surface area contributed by atoms with Crippen LogP contribution in [0.1, 0.15) is 28.7 Å². The molecule has 0 atom stereocenters. The summed E-state index contributed by atoms with van der Waals surface area (Å²) in [4.78, 5) is 14.8. The number of hydrogen-bond acceptors (Lipinski definition) is 4. The summed E-state index contributed by atoms with van der Waals surface area (Å²) in [5.41, 5.74) is 2.47. The molecule has 1 aromatic rings. The molecule has 0 radical (unpaired) electrons. The van der Waals surface area contributed by atoms with Crippen molar-refractivity contribution in [3.63, 3.8) is 0 Å². The molecule has 0 aliphatic carbocycles. The summed E-state index contributed by atoms with van der Waals surface area (Å²) >= 11 is 0. The van der Waals surface area contributed by atoms with Crippen molar-refractivity contribution in [2.45, 2.75) is 20.8 Å². The van der Waals surface area contributed by atoms with Crippen LogP contribution >= 0.6 is 0 Å². The lowest BCUT2D eigenvalue weighted by Crippen LogP contribution is -1.97. The molecule has 0 fully saturated rings. The maximum absolute atomic E-state index is 10.8. The molecule has 0 unspecified atom stereocenters. The Hall–Kier alpha value is -2.35. The number of nitriles is 1. The van der Waals surface area contributed by atoms with Gasteiger partial charge < -0.3 is 9.30 Å². The van der Waals surface area contributed by atoms with Crippen LogP contribution in [0.3, 0.4) is 0 Å². The molecule has 5 nitrogen and oxygen atoms in total. The molecule has 0 saturated heterocycles. The van der Waals surface area contributed by atoms with E-state index in [1.165, 1.54) is 7.11 Å². The van der Waals surface area contributed by atoms with Gasteiger partial charge in [0.15, 0.2) is 17.9 Å². The van der Waals surface area contributed by atoms with Crippen LogP contribution in [0, 0.1) is 25.2 Å². The Bertz CT molecular complexity index is 560. The summed E-state index contributed by atoms with van der Waals surface area (Å²) in [6.45, 7) is 5.34. The van der Waals surface area contributed by atoms with E-state index < -0.39 is 0 Å². The summed E-state index contributed by atoms with van der Waals surface area (Å²) in [5, 5.41) is 9.01. The first-order chi connectivity index (χ1) is 8.53. The summed E-state index contributed by atoms with van der Waals surface area (Å²) in [5.74, 6) is 0.404. The monoisotopic (exact) mass is 245 g/mol. The second-order valence-electron chi connectivity index (χ2n) is 3.78. The highest BCUT2D eigenvalue weighted by atomic mass is 16.5. The van der Waals surface area contributed by atoms with E-state index >= 15 is 0 Å². The molecule has 0 bridgehead atoms. The molecule has 1 aromatic heterocycles. The number of ether oxygens (including phenoxy) is 1. The number of nitrogens with zero attached hydrogens (tertiary/aromatic N) is 3. The van der Waals surface area contributed by atoms with E-state index in [-0.39, 0.29) is 5.70 Å². The number of carbonyl (C=O) groups excluding carboxylic acids is 1. The van der Waals surface area contributed by atoms with Gasteiger partial charge in [-0.3, -0.25) is 4.79 Å². The molecule has 0 amide bonds. The van der Waals surface area contributed by atoms with E-state index in [0.29, 0.717) is 11.5 Å². The number of carbonyl (C=O) groups is 1. The normalized spacial score (nSPS) is 12.2. The lowest BCUT2D eigenvalue weighted by molar-refractivity contribution is 0.112. The second kappa shape index (κ2) is 5.82. The van der Waals surface area contributed by atoms with E-state index in [0.717, 1.165) is 17.7 Å². The molecule has 18 heavy (non-hydrogen) atoms. The number of aliphatic imine (C=N–C) groups is 1. The van der Waals surface area contributed by atoms with Crippen LogP contribution in [-0.2, 0) is 4.74 Å². The van der Waals surface area contributed by atoms with Gasteiger partial charge >= 0.3 is 0 Å². The maximum Gasteiger partial charge on any atom is 0.185 e. The van der Waals surface area contributed by atoms with Crippen molar-refractivity contribution < 1.29 is 9.53 Å². The van der Waals surface area contributed by atoms with Gasteiger partial charge in [0.25, 0.3) is 0 Å². The minimum absolute atomic E-state index is 0.216. The van der Waals surface area contributed by atoms with Crippen molar-refractivity contribution >= 4 is 18.4 Å². The summed E-state index contributed by atoms with van der Waals surface area (Å²) in [6, 6.07) is 3.75. The fourth-order valence-corrected chi connectivity index (χ4v) is 1.54. The molecule has 0 aliphatic rings. The first-order valence-corrected chi connectivity index (χ1v) is 5.38. The highest BCUT2D eigenvalue weighted by Gasteiger charge is 2.07. The predicted octanol–water partition coefficient (Wildman–Crippen LogP) is 2.30. The molecule has 0 N–H and O–H groups in total. The SMILES string of the molecule is COC(C)=N/C(C#N)=C/n1c(C)cc(C=O)c1C. The van der Waals surface area contributed by atoms with E-state index in [4.69, 9.17) is 10.00 Å². The van der Waals surface area contributed by atoms with E-state index in [9.17, 15) is 4.79 Å². The van der Waals surface area contributed by atoms with Gasteiger partial charge in [-0.05, 0) is 19.9 Å². The Kier molecular flexibility index (Phi) is 4.44. The largest absolute Gasteiger partial charge is 0.484 e. The van der Waals surface area contributed by atoms with Crippen LogP contribution in [0.2, 0.25) is 0 Å². The molecular weight excluding hydrogens is 230 g/mol. The van der Waals surface area contributed by atoms with Crippen LogP contribution in [0.25, 0.3) is 6.20 Å². The topological polar surface area (TPSA) is 67.4 Å². The molecule has 1 rings (SSSR count). The first-order valence-electron chi connectivity index (χ1n) is 5.38. The molecule has 1 heterocycles. The van der Waals surface area contributed by atoms with Gasteiger partial charge in [0.05, 0.1) is 7.11 Å². The Morgan fingerprint density at radius 3 is 2.67 bits per heavy atom. The third-order valence-electron chi connectivity index (χ3n) is 2.59. The number of aryl methyl sites for hydroxylation is 1. The van der Waals surface area contributed by atoms with Crippen LogP contribution in [0.5, 0.6) is 0 Å². The van der Waals surface area contributed by atoms with Crippen molar-refractivity contribution in [3.05, 3.63) is 28.7 Å². The number of aromatic nitrogens is 1. The zero-order valence-electron chi connectivity index (χ0n) is 10.9. The average Bonchev–Trinajstić information content (AvgIpc) is 2.64. The highest BCUT2D eigenvalue weighted by Crippen LogP contribution is 2.15. The predicted molar refractivity (Wildman–Crippen MR) is 69.3 cm³/mol. The lowest BCUT2D eigenvalue weighted by Gasteiger charge is -2.03. The number of rotatable bonds is 3. The molecule has 0 aromatic carbocycles. The number of aldehydes is 1. The van der Waals surface area contributed by atoms with Crippen LogP contribution in [0.4, 0.5) is 0 Å². The van der Waals surface area contributed by atoms with Gasteiger partial charge in [-0.1, -0.05) is 0 Å². The second-order valence-corrected chi connectivity index (χ2v) is 3.78. The molecule has 5 heteroatoms. The zero-order valence-corrected chi connectivity index (χ0v) is 10.9. The van der Waals surface area contributed by atoms with Gasteiger partial charge in [0.1, 0.15) is 6.07 Å². The van der Waals surface area contributed by atoms with Crippen molar-refractivity contribution in [3.8, 4) is 6.07 Å². The van der Waals surface area contributed by atoms with E-state index in [1.807, 2.05) is 19.9 Å². The molecule has 0 spiro atoms. The highest BCUT2D eigenvalue weighted by molar-refractivity contribution is 5.78. The fraction of sp³-hybridized carbons (Fsp3) is 0.308. The summed E-state index contributed by atoms with van der Waals surface area (Å²) < 4.78 is 6.66. The zero-order chi connectivity index (χ0) is 13.7. The van der Waals surface area contributed by atoms with Crippen LogP contribution < -0.4 is 0 Å². The van der Waals surface area contributed by atoms with Gasteiger partial charge in [-0.25, -0.2) is 4.99 Å². The van der Waals surface area contributed by atoms with Crippen LogP contribution in [0.15, 0.2) is 16.8 Å². The minimum Gasteiger partial charge on any atom is -0.484 e. The maximum atomic E-state index is 10.8. The number of allylic oxidation sites excluding steroid dienone is 1. The molecular formula is C13H15N3O2. The van der Waals surface area contributed by atoms with E-state index in [2.05, 4.69) is 4.99 Å². The average molecular weight is 245 g/mol. The van der Waals surface area contributed by atoms with Crippen molar-refractivity contribution in [1.29, 1.82) is 5.26 Å². The van der Waals surface area contributed by atoms with Crippen molar-refractivity contribution in [2.24, 2.45) is 4.99 Å². The molecule has 0 saturated carbocycles. The quantitative estimate of drug-likeness (QED) is 0.355. The Morgan fingerprint density at radius 1 is 1.56 bits per heavy atom. The van der Waals surface area contributed by atoms with Gasteiger partial charge in [0.2, 0.25) is 0 Å². The Morgan fingerprint density at radius 2 is 2.22 bits per heavy atom. The molecule has 0 aliphatic heterocycles.